The zero-order valence-corrected chi connectivity index (χ0v) is 25.6. The van der Waals surface area contributed by atoms with Crippen LogP contribution in [0.3, 0.4) is 0 Å². The van der Waals surface area contributed by atoms with Crippen molar-refractivity contribution in [1.29, 1.82) is 0 Å². The van der Waals surface area contributed by atoms with Gasteiger partial charge in [0, 0.05) is 42.7 Å². The average Bonchev–Trinajstić information content (AvgIpc) is 3.52. The summed E-state index contributed by atoms with van der Waals surface area (Å²) in [6.45, 7) is 5.66. The average molecular weight is 599 g/mol. The molecular weight excluding hydrogens is 563 g/mol. The summed E-state index contributed by atoms with van der Waals surface area (Å²) in [5, 5.41) is 0. The Morgan fingerprint density at radius 2 is 1.45 bits per heavy atom. The molecule has 0 N–H and O–H groups in total. The van der Waals surface area contributed by atoms with Crippen molar-refractivity contribution in [1.82, 2.24) is 9.38 Å². The molecule has 3 heterocycles. The van der Waals surface area contributed by atoms with Gasteiger partial charge in [0.25, 0.3) is 0 Å². The number of benzene rings is 2. The molecular formula is C34H36BF2N3O4. The Morgan fingerprint density at radius 3 is 2.02 bits per heavy atom. The van der Waals surface area contributed by atoms with E-state index in [1.807, 2.05) is 30.9 Å². The zero-order chi connectivity index (χ0) is 31.6. The molecule has 2 aromatic carbocycles. The van der Waals surface area contributed by atoms with Crippen LogP contribution in [0.1, 0.15) is 55.0 Å². The SMILES string of the molecule is CCOC(=O)C1=C(c2ccccc2)C2=Cc3c(-c4ccccc4)c(C(=O)OCC)c(C)n3[B-](F)(F)[N+]2=C1/C=C/N(CC)CC. The largest absolute Gasteiger partial charge is 0.737 e. The highest BCUT2D eigenvalue weighted by Crippen LogP contribution is 2.46. The van der Waals surface area contributed by atoms with Crippen molar-refractivity contribution in [2.75, 3.05) is 26.3 Å². The molecule has 0 saturated carbocycles. The van der Waals surface area contributed by atoms with Gasteiger partial charge in [0.15, 0.2) is 11.4 Å². The molecule has 0 radical (unpaired) electrons. The van der Waals surface area contributed by atoms with E-state index >= 15 is 8.63 Å². The molecule has 0 unspecified atom stereocenters. The lowest BCUT2D eigenvalue weighted by Gasteiger charge is -2.31. The van der Waals surface area contributed by atoms with Gasteiger partial charge in [0.05, 0.1) is 24.4 Å². The van der Waals surface area contributed by atoms with Crippen LogP contribution in [0, 0.1) is 6.92 Å². The van der Waals surface area contributed by atoms with Crippen molar-refractivity contribution < 1.29 is 32.2 Å². The molecule has 5 rings (SSSR count). The molecule has 2 aliphatic heterocycles. The molecule has 10 heteroatoms. The van der Waals surface area contributed by atoms with Crippen LogP contribution in [0.2, 0.25) is 0 Å². The monoisotopic (exact) mass is 599 g/mol. The van der Waals surface area contributed by atoms with Crippen LogP contribution in [0.15, 0.2) is 84.2 Å². The highest BCUT2D eigenvalue weighted by molar-refractivity contribution is 6.59. The number of hydrogen-bond donors (Lipinski definition) is 0. The normalized spacial score (nSPS) is 15.3. The summed E-state index contributed by atoms with van der Waals surface area (Å²) < 4.78 is 47.4. The second kappa shape index (κ2) is 12.5. The Bertz CT molecular complexity index is 1720. The maximum absolute atomic E-state index is 17.3. The molecule has 0 bridgehead atoms. The molecule has 2 aliphatic rings. The van der Waals surface area contributed by atoms with Crippen molar-refractivity contribution in [3.05, 3.63) is 107 Å². The number of nitrogens with zero attached hydrogens (tertiary/aromatic N) is 3. The van der Waals surface area contributed by atoms with Gasteiger partial charge in [-0.05, 0) is 51.4 Å². The Labute approximate surface area is 256 Å². The first-order valence-electron chi connectivity index (χ1n) is 15.0. The number of ether oxygens (including phenoxy) is 2. The molecule has 3 aromatic rings. The highest BCUT2D eigenvalue weighted by atomic mass is 19.2. The molecule has 0 fully saturated rings. The van der Waals surface area contributed by atoms with Crippen LogP contribution < -0.4 is 0 Å². The van der Waals surface area contributed by atoms with E-state index in [1.165, 1.54) is 6.92 Å². The van der Waals surface area contributed by atoms with Crippen LogP contribution in [-0.4, -0.2) is 64.8 Å². The summed E-state index contributed by atoms with van der Waals surface area (Å²) >= 11 is 0. The predicted molar refractivity (Wildman–Crippen MR) is 169 cm³/mol. The van der Waals surface area contributed by atoms with Gasteiger partial charge in [-0.25, -0.2) is 9.59 Å². The van der Waals surface area contributed by atoms with Crippen molar-refractivity contribution in [2.24, 2.45) is 0 Å². The van der Waals surface area contributed by atoms with E-state index in [0.29, 0.717) is 35.4 Å². The molecule has 0 aliphatic carbocycles. The van der Waals surface area contributed by atoms with Crippen molar-refractivity contribution in [2.45, 2.75) is 34.6 Å². The molecule has 228 valence electrons. The van der Waals surface area contributed by atoms with E-state index in [4.69, 9.17) is 9.47 Å². The Hall–Kier alpha value is -4.73. The van der Waals surface area contributed by atoms with Gasteiger partial charge in [0.2, 0.25) is 0 Å². The fourth-order valence-electron chi connectivity index (χ4n) is 6.05. The molecule has 7 nitrogen and oxygen atoms in total. The Morgan fingerprint density at radius 1 is 0.886 bits per heavy atom. The topological polar surface area (TPSA) is 63.8 Å². The second-order valence-corrected chi connectivity index (χ2v) is 10.4. The maximum atomic E-state index is 17.3. The zero-order valence-electron chi connectivity index (χ0n) is 25.6. The third-order valence-electron chi connectivity index (χ3n) is 8.00. The first kappa shape index (κ1) is 30.7. The van der Waals surface area contributed by atoms with Gasteiger partial charge in [-0.3, -0.25) is 0 Å². The molecule has 44 heavy (non-hydrogen) atoms. The molecule has 0 saturated heterocycles. The van der Waals surface area contributed by atoms with Gasteiger partial charge in [-0.2, -0.15) is 0 Å². The summed E-state index contributed by atoms with van der Waals surface area (Å²) in [5.41, 5.74) is 2.46. The lowest BCUT2D eigenvalue weighted by molar-refractivity contribution is -0.358. The molecule has 0 spiro atoms. The first-order valence-corrected chi connectivity index (χ1v) is 15.0. The van der Waals surface area contributed by atoms with Gasteiger partial charge in [-0.15, -0.1) is 0 Å². The predicted octanol–water partition coefficient (Wildman–Crippen LogP) is 6.56. The van der Waals surface area contributed by atoms with Crippen LogP contribution >= 0.6 is 0 Å². The standard InChI is InChI=1S/C34H36BF2N3O4/c1-6-38(7-2)21-20-26-32(34(42)44-9-4)31(25-18-14-11-15-19-25)28-22-27-30(24-16-12-10-13-17-24)29(33(41)43-8-3)23(5)39(27)35(36,37)40(26)28/h10-22H,6-9H2,1-5H3/b21-20+. The van der Waals surface area contributed by atoms with Crippen molar-refractivity contribution >= 4 is 36.3 Å². The lowest BCUT2D eigenvalue weighted by Crippen LogP contribution is -2.51. The van der Waals surface area contributed by atoms with Gasteiger partial charge in [0.1, 0.15) is 5.57 Å². The molecule has 0 atom stereocenters. The quantitative estimate of drug-likeness (QED) is 0.195. The minimum Gasteiger partial charge on any atom is -0.462 e. The van der Waals surface area contributed by atoms with E-state index in [1.54, 1.807) is 80.7 Å². The van der Waals surface area contributed by atoms with Crippen LogP contribution in [0.25, 0.3) is 22.8 Å². The van der Waals surface area contributed by atoms with Crippen molar-refractivity contribution in [3.63, 3.8) is 0 Å². The molecule has 0 amide bonds. The molecule has 1 aromatic heterocycles. The van der Waals surface area contributed by atoms with E-state index < -0.39 is 18.9 Å². The first-order chi connectivity index (χ1) is 21.2. The van der Waals surface area contributed by atoms with Crippen molar-refractivity contribution in [3.8, 4) is 11.1 Å². The van der Waals surface area contributed by atoms with Crippen LogP contribution in [-0.2, 0) is 14.3 Å². The summed E-state index contributed by atoms with van der Waals surface area (Å²) in [6.07, 6.45) is 4.94. The summed E-state index contributed by atoms with van der Waals surface area (Å²) in [6, 6.07) is 18.0. The minimum absolute atomic E-state index is 0.0307. The van der Waals surface area contributed by atoms with E-state index in [-0.39, 0.29) is 47.1 Å². The number of carbonyl (C=O) groups excluding carboxylic acids is 2. The smallest absolute Gasteiger partial charge is 0.462 e. The van der Waals surface area contributed by atoms with E-state index in [0.717, 1.165) is 8.96 Å². The van der Waals surface area contributed by atoms with E-state index in [2.05, 4.69) is 0 Å². The number of hydrogen-bond acceptors (Lipinski definition) is 5. The number of aromatic nitrogens is 1. The third kappa shape index (κ3) is 5.08. The number of allylic oxidation sites excluding steroid dienone is 2. The number of esters is 2. The van der Waals surface area contributed by atoms with Gasteiger partial charge in [-0.1, -0.05) is 60.7 Å². The number of fused-ring (bicyclic) bond motifs is 2. The minimum atomic E-state index is -4.62. The van der Waals surface area contributed by atoms with Crippen LogP contribution in [0.4, 0.5) is 8.63 Å². The summed E-state index contributed by atoms with van der Waals surface area (Å²) in [4.78, 5) is 28.9. The van der Waals surface area contributed by atoms with Gasteiger partial charge >= 0.3 is 18.9 Å². The van der Waals surface area contributed by atoms with Gasteiger partial charge < -0.3 is 32.0 Å². The second-order valence-electron chi connectivity index (χ2n) is 10.4. The van der Waals surface area contributed by atoms with E-state index in [9.17, 15) is 9.59 Å². The number of carbonyl (C=O) groups is 2. The number of halogens is 2. The fourth-order valence-corrected chi connectivity index (χ4v) is 6.05. The van der Waals surface area contributed by atoms with Crippen LogP contribution in [0.5, 0.6) is 0 Å². The lowest BCUT2D eigenvalue weighted by atomic mass is 9.87. The fraction of sp³-hybridized carbons (Fsp3) is 0.265. The third-order valence-corrected chi connectivity index (χ3v) is 8.00. The Balaban J connectivity index is 1.92. The highest BCUT2D eigenvalue weighted by Gasteiger charge is 2.57. The Kier molecular flexibility index (Phi) is 8.72. The summed E-state index contributed by atoms with van der Waals surface area (Å²) in [7, 11) is 0. The summed E-state index contributed by atoms with van der Waals surface area (Å²) in [5.74, 6) is -1.36. The number of rotatable bonds is 10. The maximum Gasteiger partial charge on any atom is 0.737 e.